The van der Waals surface area contributed by atoms with Gasteiger partial charge in [-0.3, -0.25) is 0 Å². The van der Waals surface area contributed by atoms with Gasteiger partial charge in [0.1, 0.15) is 11.3 Å². The molecule has 3 rings (SSSR count). The van der Waals surface area contributed by atoms with Crippen LogP contribution in [-0.2, 0) is 6.54 Å². The molecule has 0 spiro atoms. The molecule has 0 aliphatic rings. The molecule has 118 valence electrons. The van der Waals surface area contributed by atoms with Gasteiger partial charge in [-0.05, 0) is 24.3 Å². The maximum atomic E-state index is 5.89. The predicted octanol–water partition coefficient (Wildman–Crippen LogP) is 1.83. The van der Waals surface area contributed by atoms with E-state index in [9.17, 15) is 0 Å². The van der Waals surface area contributed by atoms with Crippen molar-refractivity contribution in [1.29, 1.82) is 0 Å². The number of pyridine rings is 1. The number of nitrogen functional groups attached to an aromatic ring is 2. The summed E-state index contributed by atoms with van der Waals surface area (Å²) in [6.45, 7) is 0.597. The summed E-state index contributed by atoms with van der Waals surface area (Å²) in [7, 11) is 3.63. The second kappa shape index (κ2) is 5.96. The average Bonchev–Trinajstić information content (AvgIpc) is 2.55. The van der Waals surface area contributed by atoms with Gasteiger partial charge in [-0.15, -0.1) is 0 Å². The van der Waals surface area contributed by atoms with Crippen LogP contribution in [0.5, 0.6) is 5.75 Å². The number of rotatable bonds is 4. The molecule has 0 saturated carbocycles. The van der Waals surface area contributed by atoms with Gasteiger partial charge in [0.15, 0.2) is 5.82 Å². The molecule has 1 aromatic carbocycles. The molecule has 0 saturated heterocycles. The number of hydrogen-bond donors (Lipinski definition) is 2. The molecule has 0 bridgehead atoms. The first kappa shape index (κ1) is 14.8. The zero-order chi connectivity index (χ0) is 16.4. The Balaban J connectivity index is 1.92. The van der Waals surface area contributed by atoms with Crippen molar-refractivity contribution in [3.8, 4) is 5.75 Å². The summed E-state index contributed by atoms with van der Waals surface area (Å²) in [5.74, 6) is 1.25. The van der Waals surface area contributed by atoms with Crippen molar-refractivity contribution < 1.29 is 4.74 Å². The van der Waals surface area contributed by atoms with Crippen LogP contribution in [0.3, 0.4) is 0 Å². The van der Waals surface area contributed by atoms with Crippen LogP contribution in [0.1, 0.15) is 5.69 Å². The van der Waals surface area contributed by atoms with E-state index >= 15 is 0 Å². The van der Waals surface area contributed by atoms with E-state index in [1.54, 1.807) is 7.11 Å². The Bertz CT molecular complexity index is 851. The van der Waals surface area contributed by atoms with Crippen molar-refractivity contribution in [2.75, 3.05) is 30.5 Å². The van der Waals surface area contributed by atoms with Crippen molar-refractivity contribution >= 4 is 28.5 Å². The summed E-state index contributed by atoms with van der Waals surface area (Å²) >= 11 is 0. The Hall–Kier alpha value is -3.09. The topological polar surface area (TPSA) is 103 Å². The molecule has 0 aliphatic heterocycles. The van der Waals surface area contributed by atoms with Crippen LogP contribution in [0, 0.1) is 0 Å². The van der Waals surface area contributed by atoms with Gasteiger partial charge in [-0.25, -0.2) is 9.97 Å². The van der Waals surface area contributed by atoms with Gasteiger partial charge >= 0.3 is 0 Å². The van der Waals surface area contributed by atoms with E-state index in [-0.39, 0.29) is 11.8 Å². The molecule has 0 atom stereocenters. The molecular formula is C16H18N6O. The summed E-state index contributed by atoms with van der Waals surface area (Å²) in [4.78, 5) is 14.7. The number of aromatic nitrogens is 3. The molecule has 7 heteroatoms. The van der Waals surface area contributed by atoms with Gasteiger partial charge in [0.05, 0.1) is 30.6 Å². The first-order valence-electron chi connectivity index (χ1n) is 7.11. The van der Waals surface area contributed by atoms with Gasteiger partial charge in [0.25, 0.3) is 0 Å². The van der Waals surface area contributed by atoms with Crippen LogP contribution >= 0.6 is 0 Å². The number of hydrogen-bond acceptors (Lipinski definition) is 7. The monoisotopic (exact) mass is 310 g/mol. The smallest absolute Gasteiger partial charge is 0.222 e. The lowest BCUT2D eigenvalue weighted by molar-refractivity contribution is 0.414. The number of anilines is 3. The molecule has 4 N–H and O–H groups in total. The Kier molecular flexibility index (Phi) is 3.84. The van der Waals surface area contributed by atoms with E-state index in [4.69, 9.17) is 16.2 Å². The lowest BCUT2D eigenvalue weighted by atomic mass is 10.2. The van der Waals surface area contributed by atoms with E-state index in [2.05, 4.69) is 19.9 Å². The predicted molar refractivity (Wildman–Crippen MR) is 91.3 cm³/mol. The van der Waals surface area contributed by atoms with Crippen molar-refractivity contribution in [3.63, 3.8) is 0 Å². The summed E-state index contributed by atoms with van der Waals surface area (Å²) < 4.78 is 5.39. The van der Waals surface area contributed by atoms with E-state index in [1.165, 1.54) is 0 Å². The van der Waals surface area contributed by atoms with Gasteiger partial charge in [0, 0.05) is 7.05 Å². The van der Waals surface area contributed by atoms with Gasteiger partial charge in [-0.2, -0.15) is 4.98 Å². The number of nitrogens with zero attached hydrogens (tertiary/aromatic N) is 4. The molecular weight excluding hydrogens is 292 g/mol. The van der Waals surface area contributed by atoms with Gasteiger partial charge in [-0.1, -0.05) is 12.1 Å². The first-order chi connectivity index (χ1) is 11.1. The van der Waals surface area contributed by atoms with Gasteiger partial charge in [0.2, 0.25) is 5.95 Å². The molecule has 3 aromatic rings. The zero-order valence-corrected chi connectivity index (χ0v) is 13.0. The second-order valence-corrected chi connectivity index (χ2v) is 5.17. The molecule has 2 aromatic heterocycles. The van der Waals surface area contributed by atoms with Crippen LogP contribution in [-0.4, -0.2) is 29.1 Å². The number of ether oxygens (including phenoxy) is 1. The normalized spacial score (nSPS) is 10.7. The van der Waals surface area contributed by atoms with Crippen LogP contribution in [0.15, 0.2) is 36.4 Å². The lowest BCUT2D eigenvalue weighted by Gasteiger charge is -2.21. The number of methoxy groups -OCH3 is 1. The number of nitrogens with two attached hydrogens (primary N) is 2. The summed E-state index contributed by atoms with van der Waals surface area (Å²) in [5, 5.41) is 0. The standard InChI is InChI=1S/C16H18N6O/c1-22(12-5-3-4-6-13(12)23-2)9-10-7-8-11-14(19-10)15(17)21-16(18)20-11/h3-8H,9H2,1-2H3,(H4,17,18,20,21). The summed E-state index contributed by atoms with van der Waals surface area (Å²) in [6, 6.07) is 11.6. The second-order valence-electron chi connectivity index (χ2n) is 5.17. The van der Waals surface area contributed by atoms with Crippen molar-refractivity contribution in [2.45, 2.75) is 6.54 Å². The highest BCUT2D eigenvalue weighted by atomic mass is 16.5. The number of benzene rings is 1. The third-order valence-electron chi connectivity index (χ3n) is 3.54. The minimum Gasteiger partial charge on any atom is -0.495 e. The highest BCUT2D eigenvalue weighted by molar-refractivity contribution is 5.84. The fourth-order valence-electron chi connectivity index (χ4n) is 2.46. The molecule has 0 aliphatic carbocycles. The van der Waals surface area contributed by atoms with Gasteiger partial charge < -0.3 is 21.1 Å². The Morgan fingerprint density at radius 2 is 1.83 bits per heavy atom. The van der Waals surface area contributed by atoms with Crippen LogP contribution in [0.4, 0.5) is 17.5 Å². The lowest BCUT2D eigenvalue weighted by Crippen LogP contribution is -2.18. The van der Waals surface area contributed by atoms with E-state index < -0.39 is 0 Å². The van der Waals surface area contributed by atoms with Crippen LogP contribution in [0.25, 0.3) is 11.0 Å². The summed E-state index contributed by atoms with van der Waals surface area (Å²) in [5.41, 5.74) is 14.5. The largest absolute Gasteiger partial charge is 0.495 e. The zero-order valence-electron chi connectivity index (χ0n) is 13.0. The molecule has 23 heavy (non-hydrogen) atoms. The fourth-order valence-corrected chi connectivity index (χ4v) is 2.46. The molecule has 2 heterocycles. The summed E-state index contributed by atoms with van der Waals surface area (Å²) in [6.07, 6.45) is 0. The molecule has 7 nitrogen and oxygen atoms in total. The maximum absolute atomic E-state index is 5.89. The van der Waals surface area contributed by atoms with Crippen LogP contribution < -0.4 is 21.1 Å². The molecule has 0 unspecified atom stereocenters. The molecule has 0 amide bonds. The highest BCUT2D eigenvalue weighted by Crippen LogP contribution is 2.27. The first-order valence-corrected chi connectivity index (χ1v) is 7.11. The van der Waals surface area contributed by atoms with Crippen molar-refractivity contribution in [3.05, 3.63) is 42.1 Å². The van der Waals surface area contributed by atoms with Crippen molar-refractivity contribution in [1.82, 2.24) is 15.0 Å². The Labute approximate surface area is 133 Å². The minimum atomic E-state index is 0.149. The van der Waals surface area contributed by atoms with Crippen molar-refractivity contribution in [2.24, 2.45) is 0 Å². The minimum absolute atomic E-state index is 0.149. The average molecular weight is 310 g/mol. The van der Waals surface area contributed by atoms with Crippen LogP contribution in [0.2, 0.25) is 0 Å². The van der Waals surface area contributed by atoms with E-state index in [0.29, 0.717) is 17.6 Å². The highest BCUT2D eigenvalue weighted by Gasteiger charge is 2.11. The third-order valence-corrected chi connectivity index (χ3v) is 3.54. The fraction of sp³-hybridized carbons (Fsp3) is 0.188. The number of para-hydroxylation sites is 2. The van der Waals surface area contributed by atoms with E-state index in [0.717, 1.165) is 17.1 Å². The Morgan fingerprint density at radius 1 is 1.04 bits per heavy atom. The maximum Gasteiger partial charge on any atom is 0.222 e. The quantitative estimate of drug-likeness (QED) is 0.757. The molecule has 0 radical (unpaired) electrons. The number of fused-ring (bicyclic) bond motifs is 1. The SMILES string of the molecule is COc1ccccc1N(C)Cc1ccc2nc(N)nc(N)c2n1. The van der Waals surface area contributed by atoms with E-state index in [1.807, 2.05) is 43.4 Å². The molecule has 0 fully saturated rings. The Morgan fingerprint density at radius 3 is 2.61 bits per heavy atom. The third kappa shape index (κ3) is 2.94.